The molecule has 0 spiro atoms. The molecule has 2 rings (SSSR count). The Morgan fingerprint density at radius 3 is 2.75 bits per heavy atom. The first-order chi connectivity index (χ1) is 9.36. The fourth-order valence-electron chi connectivity index (χ4n) is 3.09. The maximum absolute atomic E-state index is 11.4. The van der Waals surface area contributed by atoms with Gasteiger partial charge >= 0.3 is 5.69 Å². The number of hydrogen-bond donors (Lipinski definition) is 1. The molecule has 6 heteroatoms. The third kappa shape index (κ3) is 2.64. The number of nitrogens with zero attached hydrogens (tertiary/aromatic N) is 3. The summed E-state index contributed by atoms with van der Waals surface area (Å²) >= 11 is 0. The van der Waals surface area contributed by atoms with Crippen molar-refractivity contribution in [2.24, 2.45) is 12.5 Å². The first-order valence-corrected chi connectivity index (χ1v) is 7.33. The minimum Gasteiger partial charge on any atom is -0.361 e. The highest BCUT2D eigenvalue weighted by Crippen LogP contribution is 2.40. The maximum Gasteiger partial charge on any atom is 0.333 e. The Morgan fingerprint density at radius 1 is 1.55 bits per heavy atom. The summed E-state index contributed by atoms with van der Waals surface area (Å²) in [5.41, 5.74) is 0.902. The van der Waals surface area contributed by atoms with Crippen LogP contribution in [0.1, 0.15) is 52.1 Å². The number of anilines is 1. The Labute approximate surface area is 119 Å². The van der Waals surface area contributed by atoms with Gasteiger partial charge in [0.1, 0.15) is 5.69 Å². The average Bonchev–Trinajstić information content (AvgIpc) is 2.82. The van der Waals surface area contributed by atoms with E-state index in [2.05, 4.69) is 24.3 Å². The van der Waals surface area contributed by atoms with Gasteiger partial charge in [-0.3, -0.25) is 10.1 Å². The van der Waals surface area contributed by atoms with E-state index in [0.29, 0.717) is 17.9 Å². The predicted molar refractivity (Wildman–Crippen MR) is 78.9 cm³/mol. The van der Waals surface area contributed by atoms with Crippen molar-refractivity contribution in [2.45, 2.75) is 58.9 Å². The highest BCUT2D eigenvalue weighted by molar-refractivity contribution is 5.60. The summed E-state index contributed by atoms with van der Waals surface area (Å²) in [6, 6.07) is 0.270. The van der Waals surface area contributed by atoms with Gasteiger partial charge in [-0.2, -0.15) is 5.10 Å². The standard InChI is InChI=1S/C14H24N4O2/c1-5-7-10-12(18(19)20)13(17(4)16-10)15-11-8-6-9-14(11,2)3/h11,15H,5-9H2,1-4H3. The Bertz CT molecular complexity index is 508. The van der Waals surface area contributed by atoms with Gasteiger partial charge in [-0.15, -0.1) is 0 Å². The number of hydrogen-bond acceptors (Lipinski definition) is 4. The van der Waals surface area contributed by atoms with Crippen molar-refractivity contribution >= 4 is 11.5 Å². The van der Waals surface area contributed by atoms with Crippen LogP contribution in [0.5, 0.6) is 0 Å². The molecule has 6 nitrogen and oxygen atoms in total. The number of rotatable bonds is 5. The van der Waals surface area contributed by atoms with E-state index >= 15 is 0 Å². The average molecular weight is 280 g/mol. The van der Waals surface area contributed by atoms with Crippen molar-refractivity contribution in [3.05, 3.63) is 15.8 Å². The second-order valence-electron chi connectivity index (χ2n) is 6.35. The van der Waals surface area contributed by atoms with Crippen molar-refractivity contribution in [3.63, 3.8) is 0 Å². The molecule has 1 N–H and O–H groups in total. The second-order valence-corrected chi connectivity index (χ2v) is 6.35. The van der Waals surface area contributed by atoms with Crippen molar-refractivity contribution in [2.75, 3.05) is 5.32 Å². The molecule has 1 atom stereocenters. The Balaban J connectivity index is 2.33. The SMILES string of the molecule is CCCc1nn(C)c(NC2CCCC2(C)C)c1[N+](=O)[O-]. The van der Waals surface area contributed by atoms with E-state index in [0.717, 1.165) is 25.7 Å². The summed E-state index contributed by atoms with van der Waals surface area (Å²) in [7, 11) is 1.77. The molecule has 0 aromatic carbocycles. The Kier molecular flexibility index (Phi) is 4.01. The van der Waals surface area contributed by atoms with Crippen LogP contribution in [0.3, 0.4) is 0 Å². The van der Waals surface area contributed by atoms with Gasteiger partial charge in [0.05, 0.1) is 4.92 Å². The number of nitro groups is 1. The zero-order chi connectivity index (χ0) is 14.9. The first-order valence-electron chi connectivity index (χ1n) is 7.33. The maximum atomic E-state index is 11.4. The smallest absolute Gasteiger partial charge is 0.333 e. The number of aryl methyl sites for hydroxylation is 2. The zero-order valence-electron chi connectivity index (χ0n) is 12.8. The van der Waals surface area contributed by atoms with Crippen LogP contribution in [-0.2, 0) is 13.5 Å². The minimum atomic E-state index is -0.303. The lowest BCUT2D eigenvalue weighted by atomic mass is 9.87. The van der Waals surface area contributed by atoms with Crippen molar-refractivity contribution in [1.82, 2.24) is 9.78 Å². The fraction of sp³-hybridized carbons (Fsp3) is 0.786. The molecule has 0 aliphatic heterocycles. The van der Waals surface area contributed by atoms with Gasteiger partial charge in [-0.25, -0.2) is 4.68 Å². The van der Waals surface area contributed by atoms with Crippen LogP contribution in [0.2, 0.25) is 0 Å². The molecule has 1 saturated carbocycles. The van der Waals surface area contributed by atoms with Crippen LogP contribution in [0.15, 0.2) is 0 Å². The normalized spacial score (nSPS) is 21.1. The molecule has 0 radical (unpaired) electrons. The van der Waals surface area contributed by atoms with Crippen molar-refractivity contribution < 1.29 is 4.92 Å². The molecule has 1 fully saturated rings. The van der Waals surface area contributed by atoms with Gasteiger partial charge in [0.25, 0.3) is 0 Å². The summed E-state index contributed by atoms with van der Waals surface area (Å²) in [6.07, 6.45) is 4.86. The van der Waals surface area contributed by atoms with E-state index in [1.807, 2.05) is 6.92 Å². The quantitative estimate of drug-likeness (QED) is 0.663. The Morgan fingerprint density at radius 2 is 2.25 bits per heavy atom. The second kappa shape index (κ2) is 5.42. The van der Waals surface area contributed by atoms with Gasteiger partial charge < -0.3 is 5.32 Å². The van der Waals surface area contributed by atoms with Gasteiger partial charge in [0, 0.05) is 13.1 Å². The van der Waals surface area contributed by atoms with E-state index in [1.165, 1.54) is 0 Å². The molecule has 1 aromatic heterocycles. The van der Waals surface area contributed by atoms with Gasteiger partial charge in [0.15, 0.2) is 0 Å². The van der Waals surface area contributed by atoms with E-state index < -0.39 is 0 Å². The molecule has 1 aromatic rings. The third-order valence-corrected chi connectivity index (χ3v) is 4.33. The molecule has 0 bridgehead atoms. The van der Waals surface area contributed by atoms with E-state index in [-0.39, 0.29) is 22.1 Å². The summed E-state index contributed by atoms with van der Waals surface area (Å²) in [4.78, 5) is 11.1. The molecule has 1 aliphatic rings. The van der Waals surface area contributed by atoms with Crippen molar-refractivity contribution in [1.29, 1.82) is 0 Å². The monoisotopic (exact) mass is 280 g/mol. The first kappa shape index (κ1) is 14.8. The zero-order valence-corrected chi connectivity index (χ0v) is 12.8. The highest BCUT2D eigenvalue weighted by atomic mass is 16.6. The Hall–Kier alpha value is -1.59. The summed E-state index contributed by atoms with van der Waals surface area (Å²) in [6.45, 7) is 6.44. The minimum absolute atomic E-state index is 0.150. The molecule has 1 aliphatic carbocycles. The molecule has 20 heavy (non-hydrogen) atoms. The van der Waals surface area contributed by atoms with Crippen LogP contribution in [0.4, 0.5) is 11.5 Å². The molecule has 0 amide bonds. The highest BCUT2D eigenvalue weighted by Gasteiger charge is 2.37. The van der Waals surface area contributed by atoms with E-state index in [1.54, 1.807) is 11.7 Å². The van der Waals surface area contributed by atoms with E-state index in [9.17, 15) is 10.1 Å². The molecule has 0 saturated heterocycles. The molecule has 112 valence electrons. The number of aromatic nitrogens is 2. The molecular formula is C14H24N4O2. The molecule has 1 heterocycles. The summed E-state index contributed by atoms with van der Waals surface area (Å²) < 4.78 is 1.62. The van der Waals surface area contributed by atoms with Crippen LogP contribution in [-0.4, -0.2) is 20.7 Å². The van der Waals surface area contributed by atoms with Gasteiger partial charge in [0.2, 0.25) is 5.82 Å². The van der Waals surface area contributed by atoms with Gasteiger partial charge in [-0.05, 0) is 24.7 Å². The van der Waals surface area contributed by atoms with E-state index in [4.69, 9.17) is 0 Å². The lowest BCUT2D eigenvalue weighted by Gasteiger charge is -2.28. The summed E-state index contributed by atoms with van der Waals surface area (Å²) in [5, 5.41) is 19.1. The number of nitrogens with one attached hydrogen (secondary N) is 1. The van der Waals surface area contributed by atoms with Crippen LogP contribution in [0.25, 0.3) is 0 Å². The molecular weight excluding hydrogens is 256 g/mol. The van der Waals surface area contributed by atoms with Crippen molar-refractivity contribution in [3.8, 4) is 0 Å². The van der Waals surface area contributed by atoms with Crippen LogP contribution >= 0.6 is 0 Å². The fourth-order valence-corrected chi connectivity index (χ4v) is 3.09. The predicted octanol–water partition coefficient (Wildman–Crippen LogP) is 3.27. The summed E-state index contributed by atoms with van der Waals surface area (Å²) in [5.74, 6) is 0.554. The third-order valence-electron chi connectivity index (χ3n) is 4.33. The molecule has 1 unspecified atom stereocenters. The lowest BCUT2D eigenvalue weighted by Crippen LogP contribution is -2.31. The topological polar surface area (TPSA) is 73.0 Å². The van der Waals surface area contributed by atoms with Crippen LogP contribution in [0, 0.1) is 15.5 Å². The van der Waals surface area contributed by atoms with Gasteiger partial charge in [-0.1, -0.05) is 33.6 Å². The van der Waals surface area contributed by atoms with Crippen LogP contribution < -0.4 is 5.32 Å². The largest absolute Gasteiger partial charge is 0.361 e. The lowest BCUT2D eigenvalue weighted by molar-refractivity contribution is -0.384.